The van der Waals surface area contributed by atoms with Gasteiger partial charge in [-0.2, -0.15) is 0 Å². The molecule has 33 heavy (non-hydrogen) atoms. The minimum Gasteiger partial charge on any atom is -0.372 e. The van der Waals surface area contributed by atoms with Gasteiger partial charge in [0.2, 0.25) is 0 Å². The Balaban J connectivity index is 1.18. The molecule has 5 nitrogen and oxygen atoms in total. The number of thiophene rings is 2. The SMILES string of the molecule is CCc1cc2c(s1)C(C1CCCN(C[C@H]3OCCc4sccc43)C1)COC2Cn1ccnc1. The summed E-state index contributed by atoms with van der Waals surface area (Å²) in [5.41, 5.74) is 2.86. The second-order valence-corrected chi connectivity index (χ2v) is 11.8. The molecule has 6 heterocycles. The van der Waals surface area contributed by atoms with Gasteiger partial charge < -0.3 is 18.9 Å². The Hall–Kier alpha value is -1.51. The Morgan fingerprint density at radius 1 is 1.18 bits per heavy atom. The number of ether oxygens (including phenoxy) is 2. The van der Waals surface area contributed by atoms with E-state index < -0.39 is 0 Å². The molecule has 176 valence electrons. The maximum atomic E-state index is 6.54. The van der Waals surface area contributed by atoms with Gasteiger partial charge in [0.1, 0.15) is 6.10 Å². The number of piperidine rings is 1. The highest BCUT2D eigenvalue weighted by atomic mass is 32.1. The second kappa shape index (κ2) is 9.62. The highest BCUT2D eigenvalue weighted by Crippen LogP contribution is 2.45. The van der Waals surface area contributed by atoms with Crippen LogP contribution in [0.1, 0.15) is 63.6 Å². The van der Waals surface area contributed by atoms with E-state index in [4.69, 9.17) is 9.47 Å². The smallest absolute Gasteiger partial charge is 0.101 e. The van der Waals surface area contributed by atoms with Crippen molar-refractivity contribution < 1.29 is 9.47 Å². The third-order valence-corrected chi connectivity index (χ3v) is 10.0. The molecule has 3 aliphatic heterocycles. The predicted octanol–water partition coefficient (Wildman–Crippen LogP) is 5.45. The van der Waals surface area contributed by atoms with Crippen LogP contribution < -0.4 is 0 Å². The Morgan fingerprint density at radius 2 is 2.12 bits per heavy atom. The van der Waals surface area contributed by atoms with E-state index in [-0.39, 0.29) is 12.2 Å². The van der Waals surface area contributed by atoms with Crippen molar-refractivity contribution in [1.82, 2.24) is 14.5 Å². The summed E-state index contributed by atoms with van der Waals surface area (Å²) in [6, 6.07) is 4.70. The van der Waals surface area contributed by atoms with E-state index in [9.17, 15) is 0 Å². The monoisotopic (exact) mass is 483 g/mol. The molecule has 6 rings (SSSR count). The number of imidazole rings is 1. The average Bonchev–Trinajstić information content (AvgIpc) is 3.60. The summed E-state index contributed by atoms with van der Waals surface area (Å²) in [5.74, 6) is 1.16. The highest BCUT2D eigenvalue weighted by Gasteiger charge is 2.37. The zero-order chi connectivity index (χ0) is 22.2. The molecule has 0 aliphatic carbocycles. The van der Waals surface area contributed by atoms with Crippen LogP contribution in [-0.2, 0) is 28.9 Å². The maximum Gasteiger partial charge on any atom is 0.101 e. The predicted molar refractivity (Wildman–Crippen MR) is 133 cm³/mol. The summed E-state index contributed by atoms with van der Waals surface area (Å²) in [6.07, 6.45) is 10.9. The van der Waals surface area contributed by atoms with Crippen LogP contribution >= 0.6 is 22.7 Å². The fourth-order valence-electron chi connectivity index (χ4n) is 5.86. The lowest BCUT2D eigenvalue weighted by Crippen LogP contribution is -2.42. The van der Waals surface area contributed by atoms with Crippen LogP contribution in [-0.4, -0.2) is 47.3 Å². The molecule has 0 aromatic carbocycles. The van der Waals surface area contributed by atoms with Gasteiger partial charge in [-0.25, -0.2) is 4.98 Å². The van der Waals surface area contributed by atoms with Gasteiger partial charge in [0.25, 0.3) is 0 Å². The fourth-order valence-corrected chi connectivity index (χ4v) is 8.11. The molecule has 3 aliphatic rings. The minimum absolute atomic E-state index is 0.134. The summed E-state index contributed by atoms with van der Waals surface area (Å²) < 4.78 is 14.9. The van der Waals surface area contributed by atoms with Crippen LogP contribution in [0.2, 0.25) is 0 Å². The van der Waals surface area contributed by atoms with Gasteiger partial charge in [0.05, 0.1) is 32.2 Å². The molecule has 3 unspecified atom stereocenters. The van der Waals surface area contributed by atoms with Crippen LogP contribution in [0.15, 0.2) is 36.2 Å². The molecule has 7 heteroatoms. The van der Waals surface area contributed by atoms with Gasteiger partial charge in [0.15, 0.2) is 0 Å². The van der Waals surface area contributed by atoms with E-state index in [0.717, 1.165) is 45.7 Å². The van der Waals surface area contributed by atoms with E-state index in [1.165, 1.54) is 40.3 Å². The quantitative estimate of drug-likeness (QED) is 0.467. The van der Waals surface area contributed by atoms with Crippen LogP contribution in [0.25, 0.3) is 0 Å². The fraction of sp³-hybridized carbons (Fsp3) is 0.577. The van der Waals surface area contributed by atoms with Gasteiger partial charge in [-0.1, -0.05) is 6.92 Å². The molecule has 0 radical (unpaired) electrons. The lowest BCUT2D eigenvalue weighted by molar-refractivity contribution is -0.0141. The molecule has 3 aromatic heterocycles. The van der Waals surface area contributed by atoms with Crippen molar-refractivity contribution in [3.63, 3.8) is 0 Å². The number of hydrogen-bond acceptors (Lipinski definition) is 6. The molecule has 0 N–H and O–H groups in total. The first-order valence-electron chi connectivity index (χ1n) is 12.4. The third kappa shape index (κ3) is 4.46. The van der Waals surface area contributed by atoms with E-state index in [2.05, 4.69) is 38.9 Å². The van der Waals surface area contributed by atoms with Gasteiger partial charge >= 0.3 is 0 Å². The number of nitrogens with zero attached hydrogens (tertiary/aromatic N) is 3. The molecule has 1 saturated heterocycles. The summed E-state index contributed by atoms with van der Waals surface area (Å²) >= 11 is 3.93. The van der Waals surface area contributed by atoms with Crippen molar-refractivity contribution in [2.45, 2.75) is 57.3 Å². The van der Waals surface area contributed by atoms with Crippen LogP contribution in [0, 0.1) is 5.92 Å². The lowest BCUT2D eigenvalue weighted by atomic mass is 9.81. The summed E-state index contributed by atoms with van der Waals surface area (Å²) in [4.78, 5) is 11.5. The average molecular weight is 484 g/mol. The summed E-state index contributed by atoms with van der Waals surface area (Å²) in [5, 5.41) is 2.23. The van der Waals surface area contributed by atoms with E-state index in [1.807, 2.05) is 41.4 Å². The molecule has 4 atom stereocenters. The van der Waals surface area contributed by atoms with Gasteiger partial charge in [0, 0.05) is 52.5 Å². The van der Waals surface area contributed by atoms with Crippen LogP contribution in [0.4, 0.5) is 0 Å². The first kappa shape index (κ1) is 22.0. The van der Waals surface area contributed by atoms with Crippen LogP contribution in [0.5, 0.6) is 0 Å². The third-order valence-electron chi connectivity index (χ3n) is 7.60. The topological polar surface area (TPSA) is 39.5 Å². The van der Waals surface area contributed by atoms with Crippen molar-refractivity contribution in [3.05, 3.63) is 62.0 Å². The highest BCUT2D eigenvalue weighted by molar-refractivity contribution is 7.12. The van der Waals surface area contributed by atoms with E-state index in [0.29, 0.717) is 11.8 Å². The largest absolute Gasteiger partial charge is 0.372 e. The number of hydrogen-bond donors (Lipinski definition) is 0. The Kier molecular flexibility index (Phi) is 6.41. The van der Waals surface area contributed by atoms with E-state index in [1.54, 1.807) is 4.88 Å². The van der Waals surface area contributed by atoms with E-state index >= 15 is 0 Å². The first-order chi connectivity index (χ1) is 16.3. The summed E-state index contributed by atoms with van der Waals surface area (Å²) in [7, 11) is 0. The second-order valence-electron chi connectivity index (χ2n) is 9.64. The van der Waals surface area contributed by atoms with Crippen molar-refractivity contribution in [3.8, 4) is 0 Å². The molecule has 0 amide bonds. The number of aromatic nitrogens is 2. The first-order valence-corrected chi connectivity index (χ1v) is 14.1. The number of rotatable bonds is 6. The van der Waals surface area contributed by atoms with Crippen LogP contribution in [0.3, 0.4) is 0 Å². The molecule has 0 saturated carbocycles. The molecule has 3 aromatic rings. The number of aryl methyl sites for hydroxylation is 1. The van der Waals surface area contributed by atoms with Gasteiger partial charge in [-0.3, -0.25) is 0 Å². The number of fused-ring (bicyclic) bond motifs is 2. The van der Waals surface area contributed by atoms with Crippen molar-refractivity contribution in [2.75, 3.05) is 32.8 Å². The molecule has 0 spiro atoms. The Morgan fingerprint density at radius 3 is 3.00 bits per heavy atom. The normalized spacial score (nSPS) is 27.9. The molecule has 0 bridgehead atoms. The zero-order valence-corrected chi connectivity index (χ0v) is 21.0. The van der Waals surface area contributed by atoms with Crippen molar-refractivity contribution >= 4 is 22.7 Å². The number of likely N-dealkylation sites (tertiary alicyclic amines) is 1. The molecular weight excluding hydrogens is 450 g/mol. The van der Waals surface area contributed by atoms with Gasteiger partial charge in [-0.15, -0.1) is 22.7 Å². The Labute approximate surface area is 204 Å². The van der Waals surface area contributed by atoms with Crippen molar-refractivity contribution in [1.29, 1.82) is 0 Å². The minimum atomic E-state index is 0.134. The zero-order valence-electron chi connectivity index (χ0n) is 19.3. The Bertz CT molecular complexity index is 1060. The van der Waals surface area contributed by atoms with Gasteiger partial charge in [-0.05, 0) is 60.4 Å². The standard InChI is InChI=1S/C26H33N3O2S2/c1-2-19-12-21-24(15-29-9-7-27-17-29)31-16-22(26(21)33-19)18-4-3-8-28(13-18)14-23-20-6-11-32-25(20)5-10-30-23/h6-7,9,11-12,17-18,22-24H,2-5,8,10,13-16H2,1H3/t18?,22?,23-,24?/m1/s1. The summed E-state index contributed by atoms with van der Waals surface area (Å²) in [6.45, 7) is 8.17. The molecule has 1 fully saturated rings. The van der Waals surface area contributed by atoms with Crippen molar-refractivity contribution in [2.24, 2.45) is 5.92 Å². The lowest BCUT2D eigenvalue weighted by Gasteiger charge is -2.41. The maximum absolute atomic E-state index is 6.54. The molecular formula is C26H33N3O2S2.